The van der Waals surface area contributed by atoms with Crippen molar-refractivity contribution >= 4 is 5.91 Å². The molecule has 1 aromatic carbocycles. The number of carbonyl (C=O) groups excluding carboxylic acids is 1. The quantitative estimate of drug-likeness (QED) is 0.731. The van der Waals surface area contributed by atoms with Gasteiger partial charge >= 0.3 is 0 Å². The molecule has 22 heavy (non-hydrogen) atoms. The van der Waals surface area contributed by atoms with Crippen LogP contribution in [0, 0.1) is 0 Å². The van der Waals surface area contributed by atoms with Crippen LogP contribution in [0.5, 0.6) is 0 Å². The van der Waals surface area contributed by atoms with E-state index in [1.807, 2.05) is 26.2 Å². The van der Waals surface area contributed by atoms with E-state index in [9.17, 15) is 4.79 Å². The minimum atomic E-state index is 0.0208. The van der Waals surface area contributed by atoms with Crippen molar-refractivity contribution in [1.29, 1.82) is 0 Å². The summed E-state index contributed by atoms with van der Waals surface area (Å²) < 4.78 is 0. The Balaban J connectivity index is 1.76. The molecule has 5 nitrogen and oxygen atoms in total. The van der Waals surface area contributed by atoms with E-state index in [0.717, 1.165) is 57.8 Å². The smallest absolute Gasteiger partial charge is 0.251 e. The molecule has 0 atom stereocenters. The first kappa shape index (κ1) is 16.9. The van der Waals surface area contributed by atoms with Crippen molar-refractivity contribution < 1.29 is 4.79 Å². The molecule has 0 aliphatic carbocycles. The largest absolute Gasteiger partial charge is 0.352 e. The van der Waals surface area contributed by atoms with E-state index in [4.69, 9.17) is 0 Å². The van der Waals surface area contributed by atoms with Crippen LogP contribution >= 0.6 is 0 Å². The summed E-state index contributed by atoms with van der Waals surface area (Å²) in [6, 6.07) is 7.99. The van der Waals surface area contributed by atoms with E-state index in [-0.39, 0.29) is 5.91 Å². The van der Waals surface area contributed by atoms with Crippen molar-refractivity contribution in [3.63, 3.8) is 0 Å². The summed E-state index contributed by atoms with van der Waals surface area (Å²) in [4.78, 5) is 16.6. The lowest BCUT2D eigenvalue weighted by Crippen LogP contribution is -2.42. The van der Waals surface area contributed by atoms with Crippen LogP contribution in [0.25, 0.3) is 0 Å². The van der Waals surface area contributed by atoms with Crippen molar-refractivity contribution in [2.75, 3.05) is 53.4 Å². The molecule has 0 saturated carbocycles. The van der Waals surface area contributed by atoms with Gasteiger partial charge in [0.25, 0.3) is 5.91 Å². The Hall–Kier alpha value is -1.43. The lowest BCUT2D eigenvalue weighted by atomic mass is 10.1. The predicted molar refractivity (Wildman–Crippen MR) is 90.1 cm³/mol. The molecular formula is C17H28N4O. The zero-order chi connectivity index (χ0) is 15.8. The highest BCUT2D eigenvalue weighted by atomic mass is 16.1. The Kier molecular flexibility index (Phi) is 6.83. The number of hydrogen-bond acceptors (Lipinski definition) is 4. The minimum absolute atomic E-state index is 0.0208. The highest BCUT2D eigenvalue weighted by Crippen LogP contribution is 2.08. The van der Waals surface area contributed by atoms with Gasteiger partial charge in [0.1, 0.15) is 0 Å². The predicted octanol–water partition coefficient (Wildman–Crippen LogP) is 0.773. The third-order valence-corrected chi connectivity index (χ3v) is 3.90. The normalized spacial score (nSPS) is 16.0. The Morgan fingerprint density at radius 1 is 1.23 bits per heavy atom. The summed E-state index contributed by atoms with van der Waals surface area (Å²) in [5.74, 6) is 0.0208. The van der Waals surface area contributed by atoms with Crippen LogP contribution < -0.4 is 10.6 Å². The molecule has 0 spiro atoms. The summed E-state index contributed by atoms with van der Waals surface area (Å²) in [5, 5.41) is 6.33. The number of piperazine rings is 1. The summed E-state index contributed by atoms with van der Waals surface area (Å²) in [5.41, 5.74) is 2.01. The standard InChI is InChI=1S/C17H28N4O/c1-20(2)11-3-8-19-17(22)16-6-4-15(5-7-16)14-21-12-9-18-10-13-21/h4-7,18H,3,8-14H2,1-2H3,(H,19,22). The Labute approximate surface area is 133 Å². The SMILES string of the molecule is CN(C)CCCNC(=O)c1ccc(CN2CCNCC2)cc1. The van der Waals surface area contributed by atoms with Crippen molar-refractivity contribution in [3.05, 3.63) is 35.4 Å². The first-order valence-electron chi connectivity index (χ1n) is 8.10. The highest BCUT2D eigenvalue weighted by Gasteiger charge is 2.10. The first-order chi connectivity index (χ1) is 10.6. The van der Waals surface area contributed by atoms with E-state index in [1.54, 1.807) is 0 Å². The molecule has 2 rings (SSSR count). The number of hydrogen-bond donors (Lipinski definition) is 2. The van der Waals surface area contributed by atoms with Crippen LogP contribution in [0.15, 0.2) is 24.3 Å². The van der Waals surface area contributed by atoms with Crippen molar-refractivity contribution in [2.24, 2.45) is 0 Å². The van der Waals surface area contributed by atoms with Gasteiger partial charge < -0.3 is 15.5 Å². The Bertz CT molecular complexity index is 452. The van der Waals surface area contributed by atoms with E-state index >= 15 is 0 Å². The first-order valence-corrected chi connectivity index (χ1v) is 8.10. The molecule has 5 heteroatoms. The van der Waals surface area contributed by atoms with Gasteiger partial charge in [0.15, 0.2) is 0 Å². The Morgan fingerprint density at radius 3 is 2.55 bits per heavy atom. The van der Waals surface area contributed by atoms with Gasteiger partial charge in [-0.05, 0) is 44.8 Å². The van der Waals surface area contributed by atoms with E-state index < -0.39 is 0 Å². The van der Waals surface area contributed by atoms with Crippen LogP contribution in [-0.4, -0.2) is 69.1 Å². The van der Waals surface area contributed by atoms with Crippen LogP contribution in [0.2, 0.25) is 0 Å². The number of nitrogens with one attached hydrogen (secondary N) is 2. The summed E-state index contributed by atoms with van der Waals surface area (Å²) in [7, 11) is 4.08. The monoisotopic (exact) mass is 304 g/mol. The average molecular weight is 304 g/mol. The van der Waals surface area contributed by atoms with Gasteiger partial charge in [-0.25, -0.2) is 0 Å². The number of nitrogens with zero attached hydrogens (tertiary/aromatic N) is 2. The van der Waals surface area contributed by atoms with Crippen molar-refractivity contribution in [2.45, 2.75) is 13.0 Å². The molecule has 0 aromatic heterocycles. The maximum atomic E-state index is 12.0. The maximum Gasteiger partial charge on any atom is 0.251 e. The lowest BCUT2D eigenvalue weighted by Gasteiger charge is -2.27. The summed E-state index contributed by atoms with van der Waals surface area (Å²) >= 11 is 0. The number of carbonyl (C=O) groups is 1. The second kappa shape index (κ2) is 8.88. The van der Waals surface area contributed by atoms with Crippen LogP contribution in [0.3, 0.4) is 0 Å². The van der Waals surface area contributed by atoms with Crippen LogP contribution in [0.1, 0.15) is 22.3 Å². The fourth-order valence-electron chi connectivity index (χ4n) is 2.59. The van der Waals surface area contributed by atoms with Crippen LogP contribution in [-0.2, 0) is 6.54 Å². The summed E-state index contributed by atoms with van der Waals surface area (Å²) in [6.07, 6.45) is 0.972. The maximum absolute atomic E-state index is 12.0. The second-order valence-electron chi connectivity index (χ2n) is 6.14. The lowest BCUT2D eigenvalue weighted by molar-refractivity contribution is 0.0952. The Morgan fingerprint density at radius 2 is 1.91 bits per heavy atom. The third kappa shape index (κ3) is 5.75. The summed E-state index contributed by atoms with van der Waals surface area (Å²) in [6.45, 7) is 6.99. The van der Waals surface area contributed by atoms with Gasteiger partial charge in [0, 0.05) is 44.8 Å². The molecule has 0 bridgehead atoms. The van der Waals surface area contributed by atoms with E-state index in [1.165, 1.54) is 5.56 Å². The van der Waals surface area contributed by atoms with Gasteiger partial charge in [-0.15, -0.1) is 0 Å². The van der Waals surface area contributed by atoms with Crippen molar-refractivity contribution in [3.8, 4) is 0 Å². The fourth-order valence-corrected chi connectivity index (χ4v) is 2.59. The van der Waals surface area contributed by atoms with Gasteiger partial charge in [-0.1, -0.05) is 12.1 Å². The average Bonchev–Trinajstić information content (AvgIpc) is 2.53. The molecule has 1 saturated heterocycles. The topological polar surface area (TPSA) is 47.6 Å². The number of amides is 1. The molecular weight excluding hydrogens is 276 g/mol. The van der Waals surface area contributed by atoms with Gasteiger partial charge in [0.05, 0.1) is 0 Å². The molecule has 1 aliphatic heterocycles. The molecule has 0 radical (unpaired) electrons. The second-order valence-corrected chi connectivity index (χ2v) is 6.14. The fraction of sp³-hybridized carbons (Fsp3) is 0.588. The zero-order valence-corrected chi connectivity index (χ0v) is 13.8. The molecule has 1 aliphatic rings. The molecule has 1 fully saturated rings. The minimum Gasteiger partial charge on any atom is -0.352 e. The van der Waals surface area contributed by atoms with E-state index in [0.29, 0.717) is 0 Å². The third-order valence-electron chi connectivity index (χ3n) is 3.90. The molecule has 2 N–H and O–H groups in total. The van der Waals surface area contributed by atoms with Crippen molar-refractivity contribution in [1.82, 2.24) is 20.4 Å². The van der Waals surface area contributed by atoms with Gasteiger partial charge in [-0.2, -0.15) is 0 Å². The number of benzene rings is 1. The van der Waals surface area contributed by atoms with E-state index in [2.05, 4.69) is 32.6 Å². The molecule has 1 heterocycles. The number of rotatable bonds is 7. The van der Waals surface area contributed by atoms with Gasteiger partial charge in [-0.3, -0.25) is 9.69 Å². The van der Waals surface area contributed by atoms with Crippen LogP contribution in [0.4, 0.5) is 0 Å². The molecule has 122 valence electrons. The highest BCUT2D eigenvalue weighted by molar-refractivity contribution is 5.94. The van der Waals surface area contributed by atoms with Gasteiger partial charge in [0.2, 0.25) is 0 Å². The molecule has 1 aromatic rings. The zero-order valence-electron chi connectivity index (χ0n) is 13.8. The molecule has 0 unspecified atom stereocenters. The molecule has 1 amide bonds.